The van der Waals surface area contributed by atoms with Gasteiger partial charge >= 0.3 is 0 Å². The number of nitrogens with one attached hydrogen (secondary N) is 1. The monoisotopic (exact) mass is 268 g/mol. The number of hydrogen-bond acceptors (Lipinski definition) is 2. The molecule has 0 aromatic carbocycles. The summed E-state index contributed by atoms with van der Waals surface area (Å²) in [4.78, 5) is 2.47. The Balaban J connectivity index is 2.18. The van der Waals surface area contributed by atoms with Gasteiger partial charge in [0.1, 0.15) is 0 Å². The van der Waals surface area contributed by atoms with Gasteiger partial charge in [-0.1, -0.05) is 33.6 Å². The van der Waals surface area contributed by atoms with Crippen molar-refractivity contribution in [3.63, 3.8) is 0 Å². The van der Waals surface area contributed by atoms with Gasteiger partial charge in [-0.3, -0.25) is 0 Å². The first-order chi connectivity index (χ1) is 9.02. The predicted octanol–water partition coefficient (Wildman–Crippen LogP) is 3.91. The molecule has 0 aromatic heterocycles. The van der Waals surface area contributed by atoms with Crippen LogP contribution in [-0.4, -0.2) is 37.1 Å². The third-order valence-electron chi connectivity index (χ3n) is 4.83. The van der Waals surface area contributed by atoms with E-state index in [2.05, 4.69) is 45.0 Å². The van der Waals surface area contributed by atoms with Gasteiger partial charge in [0.05, 0.1) is 0 Å². The van der Waals surface area contributed by atoms with Gasteiger partial charge in [-0.15, -0.1) is 0 Å². The molecule has 1 aliphatic rings. The highest BCUT2D eigenvalue weighted by Gasteiger charge is 2.22. The Hall–Kier alpha value is -0.0800. The summed E-state index contributed by atoms with van der Waals surface area (Å²) in [7, 11) is 2.25. The number of nitrogens with zero attached hydrogens (tertiary/aromatic N) is 1. The maximum absolute atomic E-state index is 3.79. The van der Waals surface area contributed by atoms with Gasteiger partial charge in [-0.25, -0.2) is 0 Å². The zero-order chi connectivity index (χ0) is 14.3. The van der Waals surface area contributed by atoms with E-state index in [1.807, 2.05) is 0 Å². The molecule has 3 unspecified atom stereocenters. The molecule has 0 radical (unpaired) electrons. The van der Waals surface area contributed by atoms with Gasteiger partial charge in [0.2, 0.25) is 0 Å². The lowest BCUT2D eigenvalue weighted by Gasteiger charge is -2.32. The molecule has 0 spiro atoms. The molecule has 2 heteroatoms. The van der Waals surface area contributed by atoms with Crippen LogP contribution in [0.5, 0.6) is 0 Å². The molecule has 19 heavy (non-hydrogen) atoms. The number of likely N-dealkylation sites (N-methyl/N-ethyl adjacent to an activating group) is 1. The lowest BCUT2D eigenvalue weighted by atomic mass is 9.81. The van der Waals surface area contributed by atoms with Gasteiger partial charge in [0.25, 0.3) is 0 Å². The van der Waals surface area contributed by atoms with E-state index < -0.39 is 0 Å². The van der Waals surface area contributed by atoms with Crippen molar-refractivity contribution in [3.8, 4) is 0 Å². The molecule has 0 amide bonds. The van der Waals surface area contributed by atoms with E-state index >= 15 is 0 Å². The zero-order valence-electron chi connectivity index (χ0n) is 13.9. The normalized spacial score (nSPS) is 26.1. The van der Waals surface area contributed by atoms with Crippen LogP contribution >= 0.6 is 0 Å². The van der Waals surface area contributed by atoms with E-state index in [-0.39, 0.29) is 0 Å². The summed E-state index contributed by atoms with van der Waals surface area (Å²) < 4.78 is 0. The maximum atomic E-state index is 3.79. The van der Waals surface area contributed by atoms with Crippen LogP contribution in [0.15, 0.2) is 0 Å². The molecule has 1 saturated carbocycles. The summed E-state index contributed by atoms with van der Waals surface area (Å²) in [6, 6.07) is 1.49. The maximum Gasteiger partial charge on any atom is 0.0107 e. The highest BCUT2D eigenvalue weighted by molar-refractivity contribution is 4.79. The third kappa shape index (κ3) is 6.76. The molecule has 1 rings (SSSR count). The second kappa shape index (κ2) is 8.97. The van der Waals surface area contributed by atoms with Crippen molar-refractivity contribution in [1.29, 1.82) is 0 Å². The minimum absolute atomic E-state index is 0.710. The summed E-state index contributed by atoms with van der Waals surface area (Å²) in [6.07, 6.45) is 8.35. The fourth-order valence-corrected chi connectivity index (χ4v) is 3.33. The van der Waals surface area contributed by atoms with Crippen LogP contribution in [0.1, 0.15) is 66.2 Å². The summed E-state index contributed by atoms with van der Waals surface area (Å²) in [5.41, 5.74) is 0. The molecule has 0 bridgehead atoms. The van der Waals surface area contributed by atoms with E-state index in [0.29, 0.717) is 6.04 Å². The highest BCUT2D eigenvalue weighted by atomic mass is 15.1. The Bertz CT molecular complexity index is 227. The molecule has 1 fully saturated rings. The Morgan fingerprint density at radius 3 is 2.58 bits per heavy atom. The predicted molar refractivity (Wildman–Crippen MR) is 85.6 cm³/mol. The zero-order valence-corrected chi connectivity index (χ0v) is 13.9. The van der Waals surface area contributed by atoms with Crippen LogP contribution in [0.25, 0.3) is 0 Å². The van der Waals surface area contributed by atoms with E-state index in [4.69, 9.17) is 0 Å². The van der Waals surface area contributed by atoms with E-state index in [1.54, 1.807) is 0 Å². The van der Waals surface area contributed by atoms with E-state index in [9.17, 15) is 0 Å². The molecular weight excluding hydrogens is 232 g/mol. The van der Waals surface area contributed by atoms with Crippen LogP contribution in [-0.2, 0) is 0 Å². The van der Waals surface area contributed by atoms with Crippen LogP contribution in [0, 0.1) is 11.8 Å². The third-order valence-corrected chi connectivity index (χ3v) is 4.83. The van der Waals surface area contributed by atoms with Crippen molar-refractivity contribution < 1.29 is 0 Å². The first-order valence-corrected chi connectivity index (χ1v) is 8.46. The molecule has 1 N–H and O–H groups in total. The van der Waals surface area contributed by atoms with E-state index in [1.165, 1.54) is 45.1 Å². The van der Waals surface area contributed by atoms with Crippen molar-refractivity contribution >= 4 is 0 Å². The van der Waals surface area contributed by atoms with Crippen LogP contribution in [0.4, 0.5) is 0 Å². The van der Waals surface area contributed by atoms with Crippen LogP contribution < -0.4 is 5.32 Å². The molecule has 114 valence electrons. The molecule has 3 atom stereocenters. The van der Waals surface area contributed by atoms with E-state index in [0.717, 1.165) is 24.4 Å². The Morgan fingerprint density at radius 2 is 1.95 bits per heavy atom. The first-order valence-electron chi connectivity index (χ1n) is 8.46. The van der Waals surface area contributed by atoms with Gasteiger partial charge in [0.15, 0.2) is 0 Å². The molecule has 0 saturated heterocycles. The number of hydrogen-bond donors (Lipinski definition) is 1. The summed E-state index contributed by atoms with van der Waals surface area (Å²) in [5.74, 6) is 1.83. The lowest BCUT2D eigenvalue weighted by Crippen LogP contribution is -2.40. The van der Waals surface area contributed by atoms with Gasteiger partial charge < -0.3 is 10.2 Å². The largest absolute Gasteiger partial charge is 0.313 e. The molecule has 1 aliphatic carbocycles. The SMILES string of the molecule is CCC(C)N(C)CCNC1CCCC(CC(C)C)C1. The smallest absolute Gasteiger partial charge is 0.0107 e. The van der Waals surface area contributed by atoms with Crippen molar-refractivity contribution in [3.05, 3.63) is 0 Å². The second-order valence-electron chi connectivity index (χ2n) is 7.05. The summed E-state index contributed by atoms with van der Waals surface area (Å²) in [5, 5.41) is 3.79. The van der Waals surface area contributed by atoms with Crippen molar-refractivity contribution in [2.75, 3.05) is 20.1 Å². The quantitative estimate of drug-likeness (QED) is 0.718. The fraction of sp³-hybridized carbons (Fsp3) is 1.00. The van der Waals surface area contributed by atoms with Crippen molar-refractivity contribution in [2.24, 2.45) is 11.8 Å². The molecule has 2 nitrogen and oxygen atoms in total. The van der Waals surface area contributed by atoms with Crippen LogP contribution in [0.3, 0.4) is 0 Å². The molecule has 0 aromatic rings. The average molecular weight is 268 g/mol. The number of rotatable bonds is 8. The minimum atomic E-state index is 0.710. The average Bonchev–Trinajstić information content (AvgIpc) is 2.37. The minimum Gasteiger partial charge on any atom is -0.313 e. The summed E-state index contributed by atoms with van der Waals surface area (Å²) >= 11 is 0. The lowest BCUT2D eigenvalue weighted by molar-refractivity contribution is 0.224. The van der Waals surface area contributed by atoms with Gasteiger partial charge in [0, 0.05) is 25.2 Å². The molecule has 0 heterocycles. The highest BCUT2D eigenvalue weighted by Crippen LogP contribution is 2.29. The Kier molecular flexibility index (Phi) is 8.01. The van der Waals surface area contributed by atoms with Crippen molar-refractivity contribution in [2.45, 2.75) is 78.3 Å². The molecule has 0 aliphatic heterocycles. The Labute approximate surface area is 121 Å². The second-order valence-corrected chi connectivity index (χ2v) is 7.05. The van der Waals surface area contributed by atoms with Crippen LogP contribution in [0.2, 0.25) is 0 Å². The van der Waals surface area contributed by atoms with Gasteiger partial charge in [-0.2, -0.15) is 0 Å². The van der Waals surface area contributed by atoms with Gasteiger partial charge in [-0.05, 0) is 51.5 Å². The van der Waals surface area contributed by atoms with Crippen molar-refractivity contribution in [1.82, 2.24) is 10.2 Å². The standard InChI is InChI=1S/C17H36N2/c1-6-15(4)19(5)11-10-18-17-9-7-8-16(13-17)12-14(2)3/h14-18H,6-13H2,1-5H3. The summed E-state index contributed by atoms with van der Waals surface area (Å²) in [6.45, 7) is 11.6. The topological polar surface area (TPSA) is 15.3 Å². The first kappa shape index (κ1) is 17.0. The molecular formula is C17H36N2. The fourth-order valence-electron chi connectivity index (χ4n) is 3.33. The Morgan fingerprint density at radius 1 is 1.21 bits per heavy atom.